The quantitative estimate of drug-likeness (QED) is 0.495. The predicted molar refractivity (Wildman–Crippen MR) is 130 cm³/mol. The molecule has 1 aliphatic rings. The third-order valence-electron chi connectivity index (χ3n) is 5.87. The topological polar surface area (TPSA) is 106 Å². The van der Waals surface area contributed by atoms with Crippen molar-refractivity contribution in [2.75, 3.05) is 25.0 Å². The highest BCUT2D eigenvalue weighted by Crippen LogP contribution is 2.19. The second-order valence-corrected chi connectivity index (χ2v) is 8.43. The molecule has 0 radical (unpaired) electrons. The summed E-state index contributed by atoms with van der Waals surface area (Å²) in [5, 5.41) is 9.86. The molecule has 2 aromatic carbocycles. The summed E-state index contributed by atoms with van der Waals surface area (Å²) in [5.74, 6) is 0.262. The van der Waals surface area contributed by atoms with Crippen LogP contribution < -0.4 is 15.4 Å². The van der Waals surface area contributed by atoms with Gasteiger partial charge in [-0.1, -0.05) is 30.3 Å². The van der Waals surface area contributed by atoms with E-state index >= 15 is 0 Å². The molecule has 1 fully saturated rings. The molecule has 182 valence electrons. The molecule has 0 saturated carbocycles. The first-order valence-electron chi connectivity index (χ1n) is 11.7. The van der Waals surface area contributed by atoms with Gasteiger partial charge in [-0.3, -0.25) is 19.1 Å². The first kappa shape index (κ1) is 24.0. The maximum Gasteiger partial charge on any atom is 0.260 e. The van der Waals surface area contributed by atoms with Gasteiger partial charge >= 0.3 is 0 Å². The van der Waals surface area contributed by atoms with Gasteiger partial charge in [0.15, 0.2) is 6.61 Å². The van der Waals surface area contributed by atoms with Gasteiger partial charge in [0.25, 0.3) is 5.91 Å². The minimum Gasteiger partial charge on any atom is -0.484 e. The molecule has 2 N–H and O–H groups in total. The molecule has 3 amide bonds. The Bertz CT molecular complexity index is 1130. The number of nitrogens with one attached hydrogen (secondary N) is 2. The molecule has 1 aromatic heterocycles. The number of rotatable bonds is 9. The molecule has 1 saturated heterocycles. The normalized spacial score (nSPS) is 13.8. The van der Waals surface area contributed by atoms with Gasteiger partial charge in [-0.25, -0.2) is 0 Å². The Labute approximate surface area is 204 Å². The minimum absolute atomic E-state index is 0.00427. The number of carbonyl (C=O) groups excluding carboxylic acids is 3. The Balaban J connectivity index is 1.18. The first-order chi connectivity index (χ1) is 17.1. The number of likely N-dealkylation sites (tertiary alicyclic amines) is 1. The highest BCUT2D eigenvalue weighted by atomic mass is 16.5. The third kappa shape index (κ3) is 7.17. The Kier molecular flexibility index (Phi) is 8.11. The number of carbonyl (C=O) groups is 3. The number of nitrogens with zero attached hydrogens (tertiary/aromatic N) is 3. The summed E-state index contributed by atoms with van der Waals surface area (Å²) >= 11 is 0. The van der Waals surface area contributed by atoms with Crippen LogP contribution in [0.5, 0.6) is 5.75 Å². The fraction of sp³-hybridized carbons (Fsp3) is 0.308. The van der Waals surface area contributed by atoms with E-state index in [9.17, 15) is 14.4 Å². The van der Waals surface area contributed by atoms with Gasteiger partial charge in [-0.15, -0.1) is 0 Å². The molecule has 9 nitrogen and oxygen atoms in total. The van der Waals surface area contributed by atoms with E-state index in [2.05, 4.69) is 15.7 Å². The molecule has 35 heavy (non-hydrogen) atoms. The average molecular weight is 476 g/mol. The van der Waals surface area contributed by atoms with E-state index < -0.39 is 0 Å². The van der Waals surface area contributed by atoms with Gasteiger partial charge in [0.1, 0.15) is 12.3 Å². The maximum atomic E-state index is 12.7. The van der Waals surface area contributed by atoms with Gasteiger partial charge in [0, 0.05) is 43.6 Å². The standard InChI is InChI=1S/C26H29N5O4/c32-24(18-31-13-5-12-28-31)29-22-7-4-6-20(16-22)17-27-26(34)21-10-14-30(15-11-21)25(33)19-35-23-8-2-1-3-9-23/h1-9,12-13,16,21H,10-11,14-15,17-19H2,(H,27,34)(H,29,32). The zero-order chi connectivity index (χ0) is 24.5. The molecule has 1 aliphatic heterocycles. The number of para-hydroxylation sites is 1. The molecule has 9 heteroatoms. The van der Waals surface area contributed by atoms with Crippen LogP contribution in [0.4, 0.5) is 5.69 Å². The van der Waals surface area contributed by atoms with Crippen molar-refractivity contribution in [3.63, 3.8) is 0 Å². The van der Waals surface area contributed by atoms with Crippen LogP contribution in [0.1, 0.15) is 18.4 Å². The van der Waals surface area contributed by atoms with Crippen LogP contribution in [0.25, 0.3) is 0 Å². The van der Waals surface area contributed by atoms with Crippen LogP contribution in [-0.4, -0.2) is 52.1 Å². The summed E-state index contributed by atoms with van der Waals surface area (Å²) in [6.45, 7) is 1.56. The lowest BCUT2D eigenvalue weighted by atomic mass is 9.95. The summed E-state index contributed by atoms with van der Waals surface area (Å²) in [5.41, 5.74) is 1.55. The van der Waals surface area contributed by atoms with Crippen LogP contribution in [0.2, 0.25) is 0 Å². The summed E-state index contributed by atoms with van der Waals surface area (Å²) in [7, 11) is 0. The first-order valence-corrected chi connectivity index (χ1v) is 11.7. The number of piperidine rings is 1. The van der Waals surface area contributed by atoms with E-state index in [1.807, 2.05) is 48.5 Å². The monoisotopic (exact) mass is 475 g/mol. The maximum absolute atomic E-state index is 12.7. The summed E-state index contributed by atoms with van der Waals surface area (Å²) in [6.07, 6.45) is 4.59. The Morgan fingerprint density at radius 2 is 1.80 bits per heavy atom. The second kappa shape index (κ2) is 11.8. The molecule has 0 bridgehead atoms. The van der Waals surface area contributed by atoms with E-state index in [-0.39, 0.29) is 36.8 Å². The number of hydrogen-bond acceptors (Lipinski definition) is 5. The van der Waals surface area contributed by atoms with Gasteiger partial charge in [-0.2, -0.15) is 5.10 Å². The van der Waals surface area contributed by atoms with Crippen molar-refractivity contribution >= 4 is 23.4 Å². The Morgan fingerprint density at radius 1 is 1.00 bits per heavy atom. The molecule has 3 aromatic rings. The fourth-order valence-electron chi connectivity index (χ4n) is 3.98. The van der Waals surface area contributed by atoms with Crippen LogP contribution in [0, 0.1) is 5.92 Å². The molecule has 2 heterocycles. The molecular weight excluding hydrogens is 446 g/mol. The molecule has 4 rings (SSSR count). The molecule has 0 atom stereocenters. The van der Waals surface area contributed by atoms with Crippen molar-refractivity contribution in [2.45, 2.75) is 25.9 Å². The van der Waals surface area contributed by atoms with Gasteiger partial charge < -0.3 is 20.3 Å². The van der Waals surface area contributed by atoms with Gasteiger partial charge in [-0.05, 0) is 48.7 Å². The summed E-state index contributed by atoms with van der Waals surface area (Å²) in [6, 6.07) is 18.4. The van der Waals surface area contributed by atoms with Crippen LogP contribution in [0.3, 0.4) is 0 Å². The van der Waals surface area contributed by atoms with Gasteiger partial charge in [0.05, 0.1) is 0 Å². The SMILES string of the molecule is O=C(Cn1cccn1)Nc1cccc(CNC(=O)C2CCN(C(=O)COc3ccccc3)CC2)c1. The van der Waals surface area contributed by atoms with E-state index in [0.717, 1.165) is 5.56 Å². The van der Waals surface area contributed by atoms with Crippen molar-refractivity contribution in [3.8, 4) is 5.75 Å². The molecule has 0 aliphatic carbocycles. The summed E-state index contributed by atoms with van der Waals surface area (Å²) < 4.78 is 7.09. The lowest BCUT2D eigenvalue weighted by molar-refractivity contribution is -0.137. The summed E-state index contributed by atoms with van der Waals surface area (Å²) in [4.78, 5) is 39.0. The highest BCUT2D eigenvalue weighted by molar-refractivity contribution is 5.90. The smallest absolute Gasteiger partial charge is 0.260 e. The number of aromatic nitrogens is 2. The minimum atomic E-state index is -0.176. The lowest BCUT2D eigenvalue weighted by Crippen LogP contribution is -2.44. The average Bonchev–Trinajstić information content (AvgIpc) is 3.39. The second-order valence-electron chi connectivity index (χ2n) is 8.43. The highest BCUT2D eigenvalue weighted by Gasteiger charge is 2.27. The number of hydrogen-bond donors (Lipinski definition) is 2. The van der Waals surface area contributed by atoms with E-state index in [1.54, 1.807) is 34.1 Å². The van der Waals surface area contributed by atoms with E-state index in [0.29, 0.717) is 43.9 Å². The molecular formula is C26H29N5O4. The van der Waals surface area contributed by atoms with Crippen molar-refractivity contribution in [1.82, 2.24) is 20.0 Å². The van der Waals surface area contributed by atoms with E-state index in [1.165, 1.54) is 0 Å². The van der Waals surface area contributed by atoms with Gasteiger partial charge in [0.2, 0.25) is 11.8 Å². The van der Waals surface area contributed by atoms with Crippen LogP contribution >= 0.6 is 0 Å². The zero-order valence-corrected chi connectivity index (χ0v) is 19.4. The lowest BCUT2D eigenvalue weighted by Gasteiger charge is -2.31. The van der Waals surface area contributed by atoms with Crippen molar-refractivity contribution in [3.05, 3.63) is 78.6 Å². The van der Waals surface area contributed by atoms with Crippen LogP contribution in [-0.2, 0) is 27.5 Å². The largest absolute Gasteiger partial charge is 0.484 e. The Morgan fingerprint density at radius 3 is 2.54 bits per heavy atom. The predicted octanol–water partition coefficient (Wildman–Crippen LogP) is 2.46. The number of benzene rings is 2. The number of amides is 3. The third-order valence-corrected chi connectivity index (χ3v) is 5.87. The molecule has 0 unspecified atom stereocenters. The Hall–Kier alpha value is -4.14. The zero-order valence-electron chi connectivity index (χ0n) is 19.4. The number of ether oxygens (including phenoxy) is 1. The van der Waals surface area contributed by atoms with Crippen molar-refractivity contribution < 1.29 is 19.1 Å². The van der Waals surface area contributed by atoms with Crippen LogP contribution in [0.15, 0.2) is 73.1 Å². The fourth-order valence-corrected chi connectivity index (χ4v) is 3.98. The number of anilines is 1. The van der Waals surface area contributed by atoms with E-state index in [4.69, 9.17) is 4.74 Å². The van der Waals surface area contributed by atoms with Crippen molar-refractivity contribution in [2.24, 2.45) is 5.92 Å². The van der Waals surface area contributed by atoms with Crippen molar-refractivity contribution in [1.29, 1.82) is 0 Å². The molecule has 0 spiro atoms.